The molecule has 0 aliphatic carbocycles. The van der Waals surface area contributed by atoms with E-state index in [4.69, 9.17) is 0 Å². The molecule has 0 spiro atoms. The molecule has 94 valence electrons. The lowest BCUT2D eigenvalue weighted by atomic mass is 9.96. The van der Waals surface area contributed by atoms with Crippen molar-refractivity contribution in [1.29, 1.82) is 0 Å². The van der Waals surface area contributed by atoms with Gasteiger partial charge in [0.2, 0.25) is 0 Å². The second-order valence-electron chi connectivity index (χ2n) is 5.31. The van der Waals surface area contributed by atoms with Crippen LogP contribution in [-0.4, -0.2) is 62.2 Å². The van der Waals surface area contributed by atoms with E-state index in [-0.39, 0.29) is 0 Å². The van der Waals surface area contributed by atoms with Crippen molar-refractivity contribution in [2.75, 3.05) is 52.4 Å². The fourth-order valence-corrected chi connectivity index (χ4v) is 2.91. The highest BCUT2D eigenvalue weighted by atomic mass is 15.2. The summed E-state index contributed by atoms with van der Waals surface area (Å²) in [7, 11) is 0. The molecule has 0 aromatic rings. The van der Waals surface area contributed by atoms with Crippen LogP contribution in [0, 0.1) is 5.92 Å². The van der Waals surface area contributed by atoms with Crippen LogP contribution in [0.5, 0.6) is 0 Å². The van der Waals surface area contributed by atoms with Crippen molar-refractivity contribution in [1.82, 2.24) is 15.1 Å². The van der Waals surface area contributed by atoms with Crippen LogP contribution >= 0.6 is 0 Å². The maximum Gasteiger partial charge on any atom is 0.0110 e. The van der Waals surface area contributed by atoms with Gasteiger partial charge in [0.15, 0.2) is 0 Å². The Balaban J connectivity index is 1.64. The number of likely N-dealkylation sites (tertiary alicyclic amines) is 1. The van der Waals surface area contributed by atoms with Crippen LogP contribution in [-0.2, 0) is 0 Å². The van der Waals surface area contributed by atoms with Crippen molar-refractivity contribution >= 4 is 0 Å². The van der Waals surface area contributed by atoms with Crippen molar-refractivity contribution in [2.24, 2.45) is 5.92 Å². The lowest BCUT2D eigenvalue weighted by Gasteiger charge is -2.35. The molecule has 0 aromatic heterocycles. The van der Waals surface area contributed by atoms with Gasteiger partial charge in [0.1, 0.15) is 0 Å². The fourth-order valence-electron chi connectivity index (χ4n) is 2.91. The Bertz CT molecular complexity index is 190. The summed E-state index contributed by atoms with van der Waals surface area (Å²) in [6.45, 7) is 12.4. The summed E-state index contributed by atoms with van der Waals surface area (Å²) in [5.74, 6) is 0.969. The van der Waals surface area contributed by atoms with Gasteiger partial charge in [-0.3, -0.25) is 4.90 Å². The summed E-state index contributed by atoms with van der Waals surface area (Å²) in [5, 5.41) is 3.41. The normalized spacial score (nSPS) is 29.4. The summed E-state index contributed by atoms with van der Waals surface area (Å²) in [4.78, 5) is 5.28. The van der Waals surface area contributed by atoms with Gasteiger partial charge in [-0.25, -0.2) is 0 Å². The van der Waals surface area contributed by atoms with Crippen LogP contribution < -0.4 is 5.32 Å². The zero-order valence-corrected chi connectivity index (χ0v) is 10.7. The Kier molecular flexibility index (Phi) is 5.07. The van der Waals surface area contributed by atoms with E-state index in [9.17, 15) is 0 Å². The van der Waals surface area contributed by atoms with Gasteiger partial charge < -0.3 is 10.2 Å². The molecular weight excluding hydrogens is 198 g/mol. The van der Waals surface area contributed by atoms with E-state index in [0.29, 0.717) is 0 Å². The van der Waals surface area contributed by atoms with Crippen LogP contribution in [0.15, 0.2) is 0 Å². The molecule has 3 heteroatoms. The molecule has 1 N–H and O–H groups in total. The first-order valence-electron chi connectivity index (χ1n) is 7.04. The molecule has 2 heterocycles. The number of piperidine rings is 1. The molecule has 2 rings (SSSR count). The number of piperazine rings is 1. The molecule has 0 saturated carbocycles. The average Bonchev–Trinajstić information content (AvgIpc) is 2.38. The van der Waals surface area contributed by atoms with Gasteiger partial charge in [-0.1, -0.05) is 13.3 Å². The van der Waals surface area contributed by atoms with E-state index in [0.717, 1.165) is 5.92 Å². The predicted octanol–water partition coefficient (Wildman–Crippen LogP) is 1.01. The summed E-state index contributed by atoms with van der Waals surface area (Å²) in [6, 6.07) is 0. The smallest absolute Gasteiger partial charge is 0.0110 e. The van der Waals surface area contributed by atoms with Gasteiger partial charge >= 0.3 is 0 Å². The largest absolute Gasteiger partial charge is 0.314 e. The third-order valence-corrected chi connectivity index (χ3v) is 4.12. The molecular formula is C13H27N3. The third kappa shape index (κ3) is 3.72. The van der Waals surface area contributed by atoms with Crippen LogP contribution in [0.3, 0.4) is 0 Å². The average molecular weight is 225 g/mol. The Morgan fingerprint density at radius 1 is 1.06 bits per heavy atom. The minimum atomic E-state index is 0.969. The standard InChI is InChI=1S/C13H27N3/c1-2-13-4-3-7-16(12-13)11-10-15-8-5-14-6-9-15/h13-14H,2-12H2,1H3. The van der Waals surface area contributed by atoms with E-state index in [1.54, 1.807) is 0 Å². The molecule has 2 saturated heterocycles. The summed E-state index contributed by atoms with van der Waals surface area (Å²) < 4.78 is 0. The number of hydrogen-bond acceptors (Lipinski definition) is 3. The van der Waals surface area contributed by atoms with E-state index in [1.165, 1.54) is 71.6 Å². The molecule has 0 radical (unpaired) electrons. The molecule has 3 nitrogen and oxygen atoms in total. The predicted molar refractivity (Wildman–Crippen MR) is 68.8 cm³/mol. The van der Waals surface area contributed by atoms with Crippen LogP contribution in [0.4, 0.5) is 0 Å². The van der Waals surface area contributed by atoms with Crippen molar-refractivity contribution < 1.29 is 0 Å². The lowest BCUT2D eigenvalue weighted by Crippen LogP contribution is -2.47. The quantitative estimate of drug-likeness (QED) is 0.770. The molecule has 2 aliphatic rings. The highest BCUT2D eigenvalue weighted by Crippen LogP contribution is 2.18. The van der Waals surface area contributed by atoms with Gasteiger partial charge in [-0.2, -0.15) is 0 Å². The zero-order valence-electron chi connectivity index (χ0n) is 10.7. The Hall–Kier alpha value is -0.120. The van der Waals surface area contributed by atoms with Crippen molar-refractivity contribution in [2.45, 2.75) is 26.2 Å². The third-order valence-electron chi connectivity index (χ3n) is 4.12. The molecule has 2 aliphatic heterocycles. The molecule has 2 fully saturated rings. The summed E-state index contributed by atoms with van der Waals surface area (Å²) >= 11 is 0. The van der Waals surface area contributed by atoms with Gasteiger partial charge in [0, 0.05) is 45.8 Å². The molecule has 0 aromatic carbocycles. The van der Waals surface area contributed by atoms with Crippen molar-refractivity contribution in [3.8, 4) is 0 Å². The van der Waals surface area contributed by atoms with Crippen molar-refractivity contribution in [3.63, 3.8) is 0 Å². The second-order valence-corrected chi connectivity index (χ2v) is 5.31. The fraction of sp³-hybridized carbons (Fsp3) is 1.00. The van der Waals surface area contributed by atoms with Gasteiger partial charge in [0.05, 0.1) is 0 Å². The topological polar surface area (TPSA) is 18.5 Å². The highest BCUT2D eigenvalue weighted by molar-refractivity contribution is 4.74. The van der Waals surface area contributed by atoms with Crippen LogP contribution in [0.25, 0.3) is 0 Å². The highest BCUT2D eigenvalue weighted by Gasteiger charge is 2.19. The number of hydrogen-bond donors (Lipinski definition) is 1. The lowest BCUT2D eigenvalue weighted by molar-refractivity contribution is 0.140. The van der Waals surface area contributed by atoms with E-state index < -0.39 is 0 Å². The molecule has 1 atom stereocenters. The SMILES string of the molecule is CCC1CCCN(CCN2CCNCC2)C1. The number of nitrogens with one attached hydrogen (secondary N) is 1. The Morgan fingerprint density at radius 2 is 1.81 bits per heavy atom. The molecule has 1 unspecified atom stereocenters. The van der Waals surface area contributed by atoms with Gasteiger partial charge in [-0.15, -0.1) is 0 Å². The second kappa shape index (κ2) is 6.58. The maximum atomic E-state index is 3.41. The summed E-state index contributed by atoms with van der Waals surface area (Å²) in [5.41, 5.74) is 0. The summed E-state index contributed by atoms with van der Waals surface area (Å²) in [6.07, 6.45) is 4.24. The van der Waals surface area contributed by atoms with Crippen LogP contribution in [0.1, 0.15) is 26.2 Å². The van der Waals surface area contributed by atoms with Gasteiger partial charge in [0.25, 0.3) is 0 Å². The van der Waals surface area contributed by atoms with E-state index in [2.05, 4.69) is 22.0 Å². The van der Waals surface area contributed by atoms with Crippen LogP contribution in [0.2, 0.25) is 0 Å². The first kappa shape index (κ1) is 12.3. The Morgan fingerprint density at radius 3 is 2.56 bits per heavy atom. The van der Waals surface area contributed by atoms with Crippen molar-refractivity contribution in [3.05, 3.63) is 0 Å². The molecule has 0 bridgehead atoms. The maximum absolute atomic E-state index is 3.41. The number of rotatable bonds is 4. The zero-order chi connectivity index (χ0) is 11.2. The monoisotopic (exact) mass is 225 g/mol. The minimum absolute atomic E-state index is 0.969. The number of nitrogens with zero attached hydrogens (tertiary/aromatic N) is 2. The minimum Gasteiger partial charge on any atom is -0.314 e. The first-order valence-corrected chi connectivity index (χ1v) is 7.04. The van der Waals surface area contributed by atoms with E-state index >= 15 is 0 Å². The molecule has 0 amide bonds. The van der Waals surface area contributed by atoms with E-state index in [1.807, 2.05) is 0 Å². The Labute approximate surface area is 100 Å². The van der Waals surface area contributed by atoms with Gasteiger partial charge in [-0.05, 0) is 25.3 Å². The molecule has 16 heavy (non-hydrogen) atoms. The first-order chi connectivity index (χ1) is 7.88.